The maximum atomic E-state index is 13.1. The fourth-order valence-electron chi connectivity index (χ4n) is 13.2. The molecular weight excluding hydrogens is 658 g/mol. The third-order valence-corrected chi connectivity index (χ3v) is 16.6. The number of carboxylic acids is 1. The van der Waals surface area contributed by atoms with Gasteiger partial charge >= 0.3 is 11.9 Å². The predicted octanol–water partition coefficient (Wildman–Crippen LogP) is 10.0. The van der Waals surface area contributed by atoms with Crippen molar-refractivity contribution in [3.05, 3.63) is 46.0 Å². The number of carbonyl (C=O) groups excluding carboxylic acids is 1. The molecule has 4 fully saturated rings. The summed E-state index contributed by atoms with van der Waals surface area (Å²) in [5.74, 6) is 0.611. The van der Waals surface area contributed by atoms with Crippen LogP contribution in [0, 0.1) is 56.2 Å². The molecule has 5 aliphatic carbocycles. The number of benzene rings is 1. The Balaban J connectivity index is 1.23. The van der Waals surface area contributed by atoms with Gasteiger partial charge in [-0.2, -0.15) is 0 Å². The van der Waals surface area contributed by atoms with Gasteiger partial charge in [-0.3, -0.25) is 9.59 Å². The van der Waals surface area contributed by atoms with Crippen molar-refractivity contribution >= 4 is 23.5 Å². The van der Waals surface area contributed by atoms with Crippen molar-refractivity contribution in [3.8, 4) is 0 Å². The molecule has 3 N–H and O–H groups in total. The second-order valence-corrected chi connectivity index (χ2v) is 20.3. The fraction of sp³-hybridized carbons (Fsp3) is 0.773. The van der Waals surface area contributed by atoms with Crippen LogP contribution in [0.3, 0.4) is 0 Å². The number of esters is 1. The third kappa shape index (κ3) is 6.23. The smallest absolute Gasteiger partial charge is 0.309 e. The topological polar surface area (TPSA) is 95.9 Å². The van der Waals surface area contributed by atoms with Crippen LogP contribution in [0.2, 0.25) is 5.02 Å². The van der Waals surface area contributed by atoms with E-state index >= 15 is 0 Å². The summed E-state index contributed by atoms with van der Waals surface area (Å²) < 4.78 is 6.18. The van der Waals surface area contributed by atoms with Gasteiger partial charge < -0.3 is 20.3 Å². The molecule has 51 heavy (non-hydrogen) atoms. The molecule has 0 heterocycles. The van der Waals surface area contributed by atoms with E-state index < -0.39 is 23.5 Å². The van der Waals surface area contributed by atoms with Gasteiger partial charge in [-0.1, -0.05) is 83.3 Å². The highest BCUT2D eigenvalue weighted by Crippen LogP contribution is 2.77. The number of ether oxygens (including phenoxy) is 1. The summed E-state index contributed by atoms with van der Waals surface area (Å²) in [4.78, 5) is 24.8. The van der Waals surface area contributed by atoms with Gasteiger partial charge in [-0.05, 0) is 136 Å². The number of carbonyl (C=O) groups is 2. The minimum atomic E-state index is -1.14. The van der Waals surface area contributed by atoms with Gasteiger partial charge in [0.1, 0.15) is 6.10 Å². The van der Waals surface area contributed by atoms with E-state index in [-0.39, 0.29) is 39.6 Å². The summed E-state index contributed by atoms with van der Waals surface area (Å²) in [7, 11) is 0. The Labute approximate surface area is 312 Å². The minimum Gasteiger partial charge on any atom is -0.481 e. The molecule has 0 saturated heterocycles. The number of hydrogen-bond donors (Lipinski definition) is 3. The largest absolute Gasteiger partial charge is 0.481 e. The number of aliphatic carboxylic acids is 1. The second-order valence-electron chi connectivity index (χ2n) is 19.8. The molecule has 0 amide bonds. The molecule has 0 radical (unpaired) electrons. The molecule has 0 aromatic heterocycles. The number of nitrogens with one attached hydrogen (secondary N) is 1. The molecule has 0 aliphatic heterocycles. The van der Waals surface area contributed by atoms with Crippen LogP contribution in [0.25, 0.3) is 0 Å². The van der Waals surface area contributed by atoms with Crippen molar-refractivity contribution in [2.45, 2.75) is 152 Å². The van der Waals surface area contributed by atoms with Crippen LogP contribution in [0.5, 0.6) is 0 Å². The molecule has 0 bridgehead atoms. The van der Waals surface area contributed by atoms with Gasteiger partial charge in [0, 0.05) is 28.9 Å². The van der Waals surface area contributed by atoms with Gasteiger partial charge in [-0.15, -0.1) is 0 Å². The van der Waals surface area contributed by atoms with Crippen LogP contribution >= 0.6 is 11.6 Å². The van der Waals surface area contributed by atoms with Crippen LogP contribution in [0.4, 0.5) is 0 Å². The number of aliphatic hydroxyl groups is 1. The maximum Gasteiger partial charge on any atom is 0.309 e. The van der Waals surface area contributed by atoms with Gasteiger partial charge in [0.25, 0.3) is 0 Å². The van der Waals surface area contributed by atoms with E-state index in [0.29, 0.717) is 30.2 Å². The van der Waals surface area contributed by atoms with Crippen LogP contribution in [0.15, 0.2) is 35.4 Å². The molecule has 6 nitrogen and oxygen atoms in total. The molecule has 0 spiro atoms. The van der Waals surface area contributed by atoms with Crippen molar-refractivity contribution < 1.29 is 24.5 Å². The summed E-state index contributed by atoms with van der Waals surface area (Å²) in [6, 6.07) is 7.98. The average molecular weight is 724 g/mol. The highest BCUT2D eigenvalue weighted by molar-refractivity contribution is 6.30. The number of rotatable bonds is 10. The molecule has 1 aromatic rings. The SMILES string of the molecule is CC(C)C1=C2[C@H]3CC[C@@H]4[C@@]5(C)CC[C@H](OC(=O)CC(C)(C)C(=O)O)C(C)(C)C5CC[C@@]4(C)[C@]3(C)CC[C@@]2(C(O)CNCc2ccc(Cl)cc2)CC1. The number of aliphatic hydroxyl groups excluding tert-OH is 1. The Kier molecular flexibility index (Phi) is 10.2. The molecule has 2 unspecified atom stereocenters. The lowest BCUT2D eigenvalue weighted by molar-refractivity contribution is -0.235. The Hall–Kier alpha value is -1.89. The van der Waals surface area contributed by atoms with Crippen LogP contribution in [-0.4, -0.2) is 40.9 Å². The van der Waals surface area contributed by atoms with E-state index in [4.69, 9.17) is 16.3 Å². The molecule has 1 aromatic carbocycles. The van der Waals surface area contributed by atoms with Crippen molar-refractivity contribution in [3.63, 3.8) is 0 Å². The van der Waals surface area contributed by atoms with Crippen LogP contribution in [-0.2, 0) is 20.9 Å². The lowest BCUT2D eigenvalue weighted by Crippen LogP contribution is -2.66. The van der Waals surface area contributed by atoms with Gasteiger partial charge in [0.15, 0.2) is 0 Å². The van der Waals surface area contributed by atoms with Gasteiger partial charge in [0.05, 0.1) is 17.9 Å². The Morgan fingerprint density at radius 1 is 0.922 bits per heavy atom. The zero-order valence-corrected chi connectivity index (χ0v) is 33.7. The zero-order valence-electron chi connectivity index (χ0n) is 33.0. The quantitative estimate of drug-likeness (QED) is 0.164. The summed E-state index contributed by atoms with van der Waals surface area (Å²) in [6.07, 6.45) is 10.2. The van der Waals surface area contributed by atoms with E-state index in [2.05, 4.69) is 65.9 Å². The molecule has 5 aliphatic rings. The summed E-state index contributed by atoms with van der Waals surface area (Å²) in [5, 5.41) is 26.1. The van der Waals surface area contributed by atoms with Crippen molar-refractivity contribution in [1.29, 1.82) is 0 Å². The number of carboxylic acid groups (broad SMARTS) is 1. The Morgan fingerprint density at radius 3 is 2.25 bits per heavy atom. The Bertz CT molecular complexity index is 1530. The standard InChI is InChI=1S/C44H66ClNO5/c1-27(2)30-16-21-44(34(47)26-46-25-28-10-12-29(45)13-11-28)23-22-42(8)31(37(30)44)14-15-33-41(7)19-18-35(51-36(48)24-39(3,4)38(49)50)40(5,6)32(41)17-20-43(33,42)9/h10-13,27,31-35,46-47H,14-26H2,1-9H3,(H,49,50)/t31-,32?,33-,34?,35+,41+,42-,43-,44-/m1/s1. The fourth-order valence-corrected chi connectivity index (χ4v) is 13.3. The molecule has 6 rings (SSSR count). The number of fused-ring (bicyclic) bond motifs is 7. The lowest BCUT2D eigenvalue weighted by Gasteiger charge is -2.72. The summed E-state index contributed by atoms with van der Waals surface area (Å²) >= 11 is 6.12. The van der Waals surface area contributed by atoms with E-state index in [1.54, 1.807) is 25.0 Å². The van der Waals surface area contributed by atoms with Gasteiger partial charge in [-0.25, -0.2) is 0 Å². The van der Waals surface area contributed by atoms with Crippen molar-refractivity contribution in [1.82, 2.24) is 5.32 Å². The monoisotopic (exact) mass is 723 g/mol. The minimum absolute atomic E-state index is 0.111. The zero-order chi connectivity index (χ0) is 37.4. The average Bonchev–Trinajstić information content (AvgIpc) is 3.45. The first-order valence-corrected chi connectivity index (χ1v) is 20.4. The number of hydrogen-bond acceptors (Lipinski definition) is 5. The highest BCUT2D eigenvalue weighted by atomic mass is 35.5. The Morgan fingerprint density at radius 2 is 1.61 bits per heavy atom. The maximum absolute atomic E-state index is 13.1. The van der Waals surface area contributed by atoms with Crippen molar-refractivity contribution in [2.24, 2.45) is 56.2 Å². The number of allylic oxidation sites excluding steroid dienone is 1. The van der Waals surface area contributed by atoms with Crippen molar-refractivity contribution in [2.75, 3.05) is 6.54 Å². The van der Waals surface area contributed by atoms with E-state index in [9.17, 15) is 19.8 Å². The summed E-state index contributed by atoms with van der Waals surface area (Å²) in [5.41, 5.74) is 3.42. The molecule has 7 heteroatoms. The molecule has 4 saturated carbocycles. The first-order valence-electron chi connectivity index (χ1n) is 20.0. The van der Waals surface area contributed by atoms with Crippen LogP contribution < -0.4 is 5.32 Å². The van der Waals surface area contributed by atoms with E-state index in [1.165, 1.54) is 24.8 Å². The molecular formula is C44H66ClNO5. The second kappa shape index (κ2) is 13.4. The van der Waals surface area contributed by atoms with Crippen LogP contribution in [0.1, 0.15) is 139 Å². The molecule has 9 atom stereocenters. The van der Waals surface area contributed by atoms with Gasteiger partial charge in [0.2, 0.25) is 0 Å². The third-order valence-electron chi connectivity index (χ3n) is 16.3. The summed E-state index contributed by atoms with van der Waals surface area (Å²) in [6.45, 7) is 21.7. The highest BCUT2D eigenvalue weighted by Gasteiger charge is 2.70. The number of halogens is 1. The normalized spacial score (nSPS) is 38.0. The first-order chi connectivity index (χ1) is 23.7. The molecule has 284 valence electrons. The van der Waals surface area contributed by atoms with E-state index in [0.717, 1.165) is 56.5 Å². The predicted molar refractivity (Wildman–Crippen MR) is 204 cm³/mol. The first kappa shape index (κ1) is 38.8. The lowest BCUT2D eigenvalue weighted by atomic mass is 9.33. The van der Waals surface area contributed by atoms with E-state index in [1.807, 2.05) is 12.1 Å².